The number of rotatable bonds is 3. The fraction of sp³-hybridized carbons (Fsp3) is 0.208. The molecule has 9 heteroatoms. The quantitative estimate of drug-likeness (QED) is 0.639. The van der Waals surface area contributed by atoms with Crippen molar-refractivity contribution in [2.45, 2.75) is 6.04 Å². The van der Waals surface area contributed by atoms with Crippen molar-refractivity contribution in [1.82, 2.24) is 9.80 Å². The van der Waals surface area contributed by atoms with Crippen LogP contribution in [0.25, 0.3) is 11.1 Å². The molecule has 33 heavy (non-hydrogen) atoms. The Kier molecular flexibility index (Phi) is 5.30. The first-order valence-corrected chi connectivity index (χ1v) is 10.8. The van der Waals surface area contributed by atoms with Gasteiger partial charge in [0.15, 0.2) is 5.76 Å². The Bertz CT molecular complexity index is 1260. The highest BCUT2D eigenvalue weighted by atomic mass is 35.5. The third-order valence-corrected chi connectivity index (χ3v) is 6.18. The van der Waals surface area contributed by atoms with Crippen molar-refractivity contribution in [3.05, 3.63) is 71.1 Å². The van der Waals surface area contributed by atoms with E-state index < -0.39 is 6.04 Å². The number of benzene rings is 2. The first-order chi connectivity index (χ1) is 16.0. The molecule has 3 aromatic rings. The molecule has 3 amide bonds. The Hall–Kier alpha value is -3.78. The number of hydrogen-bond donors (Lipinski definition) is 1. The molecule has 1 N–H and O–H groups in total. The lowest BCUT2D eigenvalue weighted by Gasteiger charge is -2.39. The summed E-state index contributed by atoms with van der Waals surface area (Å²) in [4.78, 5) is 42.2. The number of nitrogens with one attached hydrogen (secondary N) is 1. The zero-order chi connectivity index (χ0) is 23.1. The Morgan fingerprint density at radius 1 is 1.12 bits per heavy atom. The largest absolute Gasteiger partial charge is 0.496 e. The molecule has 0 saturated carbocycles. The standard InChI is InChI=1S/C24H20ClN3O5/c1-32-20-7-5-15(25)12-16(20)14-4-6-18-17(11-14)23(30)28-9-8-27(13-19(28)22(29)26-18)24(31)21-3-2-10-33-21/h2-7,10-12,19H,8-9,13H2,1H3,(H,26,29). The van der Waals surface area contributed by atoms with E-state index in [4.69, 9.17) is 20.8 Å². The summed E-state index contributed by atoms with van der Waals surface area (Å²) in [5, 5.41) is 3.38. The minimum atomic E-state index is -0.804. The SMILES string of the molecule is COc1ccc(Cl)cc1-c1ccc2c(c1)C(=O)N1CCN(C(=O)c3ccco3)CC1C(=O)N2. The van der Waals surface area contributed by atoms with Crippen LogP contribution < -0.4 is 10.1 Å². The van der Waals surface area contributed by atoms with Crippen molar-refractivity contribution in [3.63, 3.8) is 0 Å². The van der Waals surface area contributed by atoms with Gasteiger partial charge in [-0.1, -0.05) is 17.7 Å². The summed E-state index contributed by atoms with van der Waals surface area (Å²) in [6.45, 7) is 0.611. The number of furan rings is 1. The molecule has 0 bridgehead atoms. The van der Waals surface area contributed by atoms with Crippen LogP contribution in [0, 0.1) is 0 Å². The number of nitrogens with zero attached hydrogens (tertiary/aromatic N) is 2. The fourth-order valence-corrected chi connectivity index (χ4v) is 4.44. The number of halogens is 1. The summed E-state index contributed by atoms with van der Waals surface area (Å²) in [5.74, 6) is -0.106. The average Bonchev–Trinajstić information content (AvgIpc) is 3.35. The lowest BCUT2D eigenvalue weighted by atomic mass is 10.00. The summed E-state index contributed by atoms with van der Waals surface area (Å²) in [6.07, 6.45) is 1.43. The lowest BCUT2D eigenvalue weighted by Crippen LogP contribution is -2.59. The Labute approximate surface area is 194 Å². The van der Waals surface area contributed by atoms with Crippen molar-refractivity contribution in [2.75, 3.05) is 32.1 Å². The summed E-state index contributed by atoms with van der Waals surface area (Å²) >= 11 is 6.18. The van der Waals surface area contributed by atoms with Crippen LogP contribution in [0.1, 0.15) is 20.9 Å². The van der Waals surface area contributed by atoms with Crippen molar-refractivity contribution in [2.24, 2.45) is 0 Å². The minimum absolute atomic E-state index is 0.0834. The first kappa shape index (κ1) is 21.1. The maximum absolute atomic E-state index is 13.5. The van der Waals surface area contributed by atoms with Gasteiger partial charge >= 0.3 is 0 Å². The molecule has 2 aliphatic rings. The van der Waals surface area contributed by atoms with Crippen LogP contribution in [0.2, 0.25) is 5.02 Å². The molecule has 5 rings (SSSR count). The van der Waals surface area contributed by atoms with Crippen LogP contribution in [-0.4, -0.2) is 60.3 Å². The summed E-state index contributed by atoms with van der Waals surface area (Å²) in [6, 6.07) is 12.9. The third-order valence-electron chi connectivity index (χ3n) is 5.94. The predicted octanol–water partition coefficient (Wildman–Crippen LogP) is 3.53. The minimum Gasteiger partial charge on any atom is -0.496 e. The number of carbonyl (C=O) groups is 3. The number of amides is 3. The number of methoxy groups -OCH3 is 1. The van der Waals surface area contributed by atoms with E-state index in [1.54, 1.807) is 55.6 Å². The van der Waals surface area contributed by atoms with Gasteiger partial charge in [-0.3, -0.25) is 14.4 Å². The first-order valence-electron chi connectivity index (χ1n) is 10.4. The van der Waals surface area contributed by atoms with E-state index >= 15 is 0 Å². The second kappa shape index (κ2) is 8.29. The molecule has 1 unspecified atom stereocenters. The van der Waals surface area contributed by atoms with Gasteiger partial charge in [0.1, 0.15) is 11.8 Å². The zero-order valence-corrected chi connectivity index (χ0v) is 18.5. The second-order valence-electron chi connectivity index (χ2n) is 7.84. The number of carbonyl (C=O) groups excluding carboxylic acids is 3. The maximum Gasteiger partial charge on any atom is 0.289 e. The highest BCUT2D eigenvalue weighted by Crippen LogP contribution is 2.36. The normalized spacial score (nSPS) is 17.7. The number of piperazine rings is 1. The van der Waals surface area contributed by atoms with Gasteiger partial charge < -0.3 is 24.3 Å². The maximum atomic E-state index is 13.5. The molecule has 2 aromatic carbocycles. The smallest absolute Gasteiger partial charge is 0.289 e. The van der Waals surface area contributed by atoms with Crippen LogP contribution in [0.4, 0.5) is 5.69 Å². The Morgan fingerprint density at radius 2 is 1.97 bits per heavy atom. The molecule has 2 aliphatic heterocycles. The predicted molar refractivity (Wildman–Crippen MR) is 122 cm³/mol. The summed E-state index contributed by atoms with van der Waals surface area (Å²) in [5.41, 5.74) is 2.27. The van der Waals surface area contributed by atoms with Gasteiger partial charge in [-0.15, -0.1) is 0 Å². The third kappa shape index (κ3) is 3.72. The molecule has 1 aromatic heterocycles. The van der Waals surface area contributed by atoms with E-state index in [1.165, 1.54) is 16.1 Å². The molecular weight excluding hydrogens is 446 g/mol. The molecule has 168 valence electrons. The number of hydrogen-bond acceptors (Lipinski definition) is 5. The van der Waals surface area contributed by atoms with Crippen molar-refractivity contribution in [3.8, 4) is 16.9 Å². The van der Waals surface area contributed by atoms with Gasteiger partial charge in [0.05, 0.1) is 31.2 Å². The highest BCUT2D eigenvalue weighted by Gasteiger charge is 2.41. The molecule has 0 radical (unpaired) electrons. The lowest BCUT2D eigenvalue weighted by molar-refractivity contribution is -0.121. The molecule has 0 spiro atoms. The van der Waals surface area contributed by atoms with E-state index in [2.05, 4.69) is 5.32 Å². The molecule has 1 saturated heterocycles. The summed E-state index contributed by atoms with van der Waals surface area (Å²) < 4.78 is 10.6. The van der Waals surface area contributed by atoms with E-state index in [0.717, 1.165) is 11.1 Å². The van der Waals surface area contributed by atoms with Crippen LogP contribution in [0.3, 0.4) is 0 Å². The van der Waals surface area contributed by atoms with Gasteiger partial charge in [-0.2, -0.15) is 0 Å². The topological polar surface area (TPSA) is 92.1 Å². The fourth-order valence-electron chi connectivity index (χ4n) is 4.27. The van der Waals surface area contributed by atoms with E-state index in [1.807, 2.05) is 0 Å². The number of fused-ring (bicyclic) bond motifs is 2. The van der Waals surface area contributed by atoms with E-state index in [-0.39, 0.29) is 36.6 Å². The van der Waals surface area contributed by atoms with Gasteiger partial charge in [0.25, 0.3) is 11.8 Å². The molecule has 8 nitrogen and oxygen atoms in total. The zero-order valence-electron chi connectivity index (χ0n) is 17.7. The Morgan fingerprint density at radius 3 is 2.73 bits per heavy atom. The average molecular weight is 466 g/mol. The molecule has 3 heterocycles. The van der Waals surface area contributed by atoms with Gasteiger partial charge in [-0.05, 0) is 48.0 Å². The Balaban J connectivity index is 1.47. The number of ether oxygens (including phenoxy) is 1. The van der Waals surface area contributed by atoms with Gasteiger partial charge in [0, 0.05) is 23.7 Å². The van der Waals surface area contributed by atoms with Gasteiger partial charge in [0.2, 0.25) is 5.91 Å². The molecule has 1 fully saturated rings. The monoisotopic (exact) mass is 465 g/mol. The second-order valence-corrected chi connectivity index (χ2v) is 8.27. The van der Waals surface area contributed by atoms with Crippen molar-refractivity contribution >= 4 is 35.0 Å². The summed E-state index contributed by atoms with van der Waals surface area (Å²) in [7, 11) is 1.57. The van der Waals surface area contributed by atoms with E-state index in [9.17, 15) is 14.4 Å². The molecule has 1 atom stereocenters. The highest BCUT2D eigenvalue weighted by molar-refractivity contribution is 6.31. The van der Waals surface area contributed by atoms with Crippen molar-refractivity contribution < 1.29 is 23.5 Å². The van der Waals surface area contributed by atoms with Crippen LogP contribution >= 0.6 is 11.6 Å². The van der Waals surface area contributed by atoms with Crippen LogP contribution in [-0.2, 0) is 4.79 Å². The molecular formula is C24H20ClN3O5. The number of anilines is 1. The molecule has 0 aliphatic carbocycles. The van der Waals surface area contributed by atoms with Gasteiger partial charge in [-0.25, -0.2) is 0 Å². The van der Waals surface area contributed by atoms with E-state index in [0.29, 0.717) is 28.6 Å². The van der Waals surface area contributed by atoms with Crippen LogP contribution in [0.15, 0.2) is 59.2 Å². The van der Waals surface area contributed by atoms with Crippen LogP contribution in [0.5, 0.6) is 5.75 Å². The van der Waals surface area contributed by atoms with Crippen molar-refractivity contribution in [1.29, 1.82) is 0 Å².